The van der Waals surface area contributed by atoms with Crippen molar-refractivity contribution in [1.29, 1.82) is 0 Å². The monoisotopic (exact) mass is 223 g/mol. The van der Waals surface area contributed by atoms with Gasteiger partial charge >= 0.3 is 0 Å². The van der Waals surface area contributed by atoms with Crippen LogP contribution < -0.4 is 11.1 Å². The number of nitrogens with one attached hydrogen (secondary N) is 1. The molecule has 0 radical (unpaired) electrons. The summed E-state index contributed by atoms with van der Waals surface area (Å²) in [6, 6.07) is 5.96. The van der Waals surface area contributed by atoms with Gasteiger partial charge in [0.25, 0.3) is 0 Å². The minimum atomic E-state index is -0.447. The molecular formula is C11H17N3O2. The number of hydrogen-bond acceptors (Lipinski definition) is 4. The molecule has 1 aromatic heterocycles. The van der Waals surface area contributed by atoms with E-state index in [0.717, 1.165) is 5.69 Å². The van der Waals surface area contributed by atoms with Crippen molar-refractivity contribution in [3.63, 3.8) is 0 Å². The number of carbonyl (C=O) groups excluding carboxylic acids is 1. The number of carbonyl (C=O) groups is 1. The third-order valence-electron chi connectivity index (χ3n) is 2.07. The molecule has 0 bridgehead atoms. The maximum absolute atomic E-state index is 10.4. The smallest absolute Gasteiger partial charge is 0.243 e. The lowest BCUT2D eigenvalue weighted by Gasteiger charge is -2.12. The summed E-state index contributed by atoms with van der Waals surface area (Å²) in [5.74, 6) is -0.447. The second kappa shape index (κ2) is 6.92. The van der Waals surface area contributed by atoms with Gasteiger partial charge in [0.2, 0.25) is 5.91 Å². The third-order valence-corrected chi connectivity index (χ3v) is 2.07. The summed E-state index contributed by atoms with van der Waals surface area (Å²) in [7, 11) is 0. The number of nitrogens with zero attached hydrogens (tertiary/aromatic N) is 1. The molecule has 0 saturated carbocycles. The van der Waals surface area contributed by atoms with Crippen LogP contribution in [0.3, 0.4) is 0 Å². The highest BCUT2D eigenvalue weighted by Gasteiger charge is 2.04. The number of aromatic nitrogens is 1. The van der Waals surface area contributed by atoms with E-state index in [1.807, 2.05) is 25.1 Å². The van der Waals surface area contributed by atoms with E-state index in [1.165, 1.54) is 0 Å². The van der Waals surface area contributed by atoms with Gasteiger partial charge in [0.1, 0.15) is 6.61 Å². The van der Waals surface area contributed by atoms with Gasteiger partial charge in [-0.05, 0) is 19.1 Å². The first-order valence-corrected chi connectivity index (χ1v) is 5.20. The number of pyridine rings is 1. The van der Waals surface area contributed by atoms with Gasteiger partial charge in [-0.2, -0.15) is 0 Å². The van der Waals surface area contributed by atoms with E-state index in [4.69, 9.17) is 10.5 Å². The Hall–Kier alpha value is -1.46. The van der Waals surface area contributed by atoms with E-state index in [2.05, 4.69) is 10.3 Å². The van der Waals surface area contributed by atoms with E-state index in [0.29, 0.717) is 13.2 Å². The Morgan fingerprint density at radius 1 is 1.62 bits per heavy atom. The number of ether oxygens (including phenoxy) is 1. The SMILES string of the molecule is CC(NCCOCC(N)=O)c1ccccn1. The van der Waals surface area contributed by atoms with Gasteiger partial charge in [-0.25, -0.2) is 0 Å². The average Bonchev–Trinajstić information content (AvgIpc) is 2.29. The van der Waals surface area contributed by atoms with Gasteiger partial charge in [-0.15, -0.1) is 0 Å². The molecule has 5 heteroatoms. The van der Waals surface area contributed by atoms with E-state index in [1.54, 1.807) is 6.20 Å². The van der Waals surface area contributed by atoms with Gasteiger partial charge in [0.05, 0.1) is 12.3 Å². The number of primary amides is 1. The van der Waals surface area contributed by atoms with Crippen molar-refractivity contribution in [1.82, 2.24) is 10.3 Å². The zero-order chi connectivity index (χ0) is 11.8. The Morgan fingerprint density at radius 3 is 3.06 bits per heavy atom. The Morgan fingerprint density at radius 2 is 2.44 bits per heavy atom. The highest BCUT2D eigenvalue weighted by molar-refractivity contribution is 5.74. The lowest BCUT2D eigenvalue weighted by atomic mass is 10.2. The fraction of sp³-hybridized carbons (Fsp3) is 0.455. The van der Waals surface area contributed by atoms with Gasteiger partial charge in [0, 0.05) is 18.8 Å². The number of nitrogens with two attached hydrogens (primary N) is 1. The highest BCUT2D eigenvalue weighted by Crippen LogP contribution is 2.06. The van der Waals surface area contributed by atoms with Crippen LogP contribution in [0.15, 0.2) is 24.4 Å². The largest absolute Gasteiger partial charge is 0.370 e. The number of amides is 1. The molecule has 0 aliphatic rings. The molecule has 16 heavy (non-hydrogen) atoms. The minimum absolute atomic E-state index is 0.0281. The van der Waals surface area contributed by atoms with Crippen molar-refractivity contribution in [3.05, 3.63) is 30.1 Å². The molecule has 1 atom stereocenters. The first kappa shape index (κ1) is 12.6. The first-order chi connectivity index (χ1) is 7.70. The molecule has 0 aliphatic carbocycles. The summed E-state index contributed by atoms with van der Waals surface area (Å²) < 4.78 is 5.02. The number of rotatable bonds is 7. The van der Waals surface area contributed by atoms with Crippen LogP contribution in [-0.4, -0.2) is 30.6 Å². The summed E-state index contributed by atoms with van der Waals surface area (Å²) >= 11 is 0. The van der Waals surface area contributed by atoms with Crippen LogP contribution in [0.25, 0.3) is 0 Å². The molecule has 0 fully saturated rings. The summed E-state index contributed by atoms with van der Waals surface area (Å²) in [6.45, 7) is 3.11. The molecule has 3 N–H and O–H groups in total. The fourth-order valence-electron chi connectivity index (χ4n) is 1.26. The van der Waals surface area contributed by atoms with E-state index in [-0.39, 0.29) is 12.6 Å². The van der Waals surface area contributed by atoms with Crippen LogP contribution in [0.5, 0.6) is 0 Å². The Labute approximate surface area is 95.0 Å². The molecule has 1 amide bonds. The Balaban J connectivity index is 2.16. The van der Waals surface area contributed by atoms with E-state index >= 15 is 0 Å². The standard InChI is InChI=1S/C11H17N3O2/c1-9(10-4-2-3-5-14-10)13-6-7-16-8-11(12)15/h2-5,9,13H,6-8H2,1H3,(H2,12,15). The van der Waals surface area contributed by atoms with Crippen molar-refractivity contribution in [2.75, 3.05) is 19.8 Å². The second-order valence-electron chi connectivity index (χ2n) is 3.45. The van der Waals surface area contributed by atoms with Crippen LogP contribution in [0, 0.1) is 0 Å². The molecule has 5 nitrogen and oxygen atoms in total. The Kier molecular flexibility index (Phi) is 5.45. The summed E-state index contributed by atoms with van der Waals surface area (Å²) in [5, 5.41) is 3.23. The van der Waals surface area contributed by atoms with Gasteiger partial charge < -0.3 is 15.8 Å². The number of hydrogen-bond donors (Lipinski definition) is 2. The Bertz CT molecular complexity index is 316. The molecule has 0 aliphatic heterocycles. The van der Waals surface area contributed by atoms with Crippen LogP contribution >= 0.6 is 0 Å². The van der Waals surface area contributed by atoms with E-state index < -0.39 is 5.91 Å². The van der Waals surface area contributed by atoms with Gasteiger partial charge in [0.15, 0.2) is 0 Å². The van der Waals surface area contributed by atoms with Crippen molar-refractivity contribution in [2.24, 2.45) is 5.73 Å². The maximum Gasteiger partial charge on any atom is 0.243 e. The first-order valence-electron chi connectivity index (χ1n) is 5.20. The molecule has 0 spiro atoms. The molecule has 1 heterocycles. The summed E-state index contributed by atoms with van der Waals surface area (Å²) in [4.78, 5) is 14.6. The molecule has 1 unspecified atom stereocenters. The predicted octanol–water partition coefficient (Wildman–Crippen LogP) is 0.234. The van der Waals surface area contributed by atoms with Crippen LogP contribution in [0.2, 0.25) is 0 Å². The quantitative estimate of drug-likeness (QED) is 0.649. The molecule has 0 saturated heterocycles. The molecular weight excluding hydrogens is 206 g/mol. The van der Waals surface area contributed by atoms with Crippen molar-refractivity contribution < 1.29 is 9.53 Å². The summed E-state index contributed by atoms with van der Waals surface area (Å²) in [5.41, 5.74) is 5.91. The topological polar surface area (TPSA) is 77.2 Å². The fourth-order valence-corrected chi connectivity index (χ4v) is 1.26. The highest BCUT2D eigenvalue weighted by atomic mass is 16.5. The lowest BCUT2D eigenvalue weighted by molar-refractivity contribution is -0.122. The van der Waals surface area contributed by atoms with Crippen molar-refractivity contribution in [2.45, 2.75) is 13.0 Å². The minimum Gasteiger partial charge on any atom is -0.370 e. The van der Waals surface area contributed by atoms with Crippen LogP contribution in [0.4, 0.5) is 0 Å². The van der Waals surface area contributed by atoms with Crippen molar-refractivity contribution in [3.8, 4) is 0 Å². The van der Waals surface area contributed by atoms with Gasteiger partial charge in [-0.1, -0.05) is 6.07 Å². The zero-order valence-corrected chi connectivity index (χ0v) is 9.35. The molecule has 1 rings (SSSR count). The van der Waals surface area contributed by atoms with Crippen LogP contribution in [0.1, 0.15) is 18.7 Å². The van der Waals surface area contributed by atoms with Crippen LogP contribution in [-0.2, 0) is 9.53 Å². The van der Waals surface area contributed by atoms with Crippen molar-refractivity contribution >= 4 is 5.91 Å². The van der Waals surface area contributed by atoms with Gasteiger partial charge in [-0.3, -0.25) is 9.78 Å². The summed E-state index contributed by atoms with van der Waals surface area (Å²) in [6.07, 6.45) is 1.76. The zero-order valence-electron chi connectivity index (χ0n) is 9.35. The molecule has 88 valence electrons. The maximum atomic E-state index is 10.4. The molecule has 1 aromatic rings. The van der Waals surface area contributed by atoms with E-state index in [9.17, 15) is 4.79 Å². The normalized spacial score (nSPS) is 12.3. The third kappa shape index (κ3) is 4.86. The molecule has 0 aromatic carbocycles. The lowest BCUT2D eigenvalue weighted by Crippen LogP contribution is -2.26. The predicted molar refractivity (Wildman–Crippen MR) is 60.7 cm³/mol. The second-order valence-corrected chi connectivity index (χ2v) is 3.45. The average molecular weight is 223 g/mol.